The van der Waals surface area contributed by atoms with E-state index in [0.717, 1.165) is 5.56 Å². The first-order valence-electron chi connectivity index (χ1n) is 8.85. The number of rotatable bonds is 3. The van der Waals surface area contributed by atoms with Crippen LogP contribution in [0.3, 0.4) is 0 Å². The zero-order valence-corrected chi connectivity index (χ0v) is 15.1. The molecule has 6 heteroatoms. The van der Waals surface area contributed by atoms with E-state index in [1.54, 1.807) is 12.2 Å². The molecule has 1 atom stereocenters. The molecular weight excluding hydrogens is 372 g/mol. The predicted molar refractivity (Wildman–Crippen MR) is 109 cm³/mol. The highest BCUT2D eigenvalue weighted by Crippen LogP contribution is 2.47. The molecule has 0 saturated carbocycles. The Morgan fingerprint density at radius 2 is 1.48 bits per heavy atom. The smallest absolute Gasteiger partial charge is 0.180 e. The topological polar surface area (TPSA) is 110 Å². The van der Waals surface area contributed by atoms with E-state index in [1.165, 1.54) is 30.3 Å². The Morgan fingerprint density at radius 1 is 0.724 bits per heavy atom. The molecule has 0 aliphatic carbocycles. The van der Waals surface area contributed by atoms with Gasteiger partial charge in [-0.3, -0.25) is 0 Å². The van der Waals surface area contributed by atoms with Crippen LogP contribution in [0.2, 0.25) is 0 Å². The van der Waals surface area contributed by atoms with Crippen molar-refractivity contribution in [2.45, 2.75) is 6.10 Å². The van der Waals surface area contributed by atoms with Crippen molar-refractivity contribution in [2.24, 2.45) is 0 Å². The van der Waals surface area contributed by atoms with Gasteiger partial charge in [0.05, 0.1) is 11.1 Å². The van der Waals surface area contributed by atoms with E-state index in [2.05, 4.69) is 0 Å². The van der Waals surface area contributed by atoms with Crippen LogP contribution in [0.25, 0.3) is 18.2 Å². The molecule has 1 heterocycles. The van der Waals surface area contributed by atoms with Gasteiger partial charge in [-0.1, -0.05) is 42.5 Å². The molecular formula is C23H18O6. The molecule has 1 unspecified atom stereocenters. The summed E-state index contributed by atoms with van der Waals surface area (Å²) >= 11 is 0. The van der Waals surface area contributed by atoms with Crippen LogP contribution in [-0.2, 0) is 0 Å². The molecule has 0 spiro atoms. The molecule has 4 rings (SSSR count). The van der Waals surface area contributed by atoms with Gasteiger partial charge in [0.15, 0.2) is 17.6 Å². The summed E-state index contributed by atoms with van der Waals surface area (Å²) in [6.45, 7) is 0. The number of hydrogen-bond donors (Lipinski definition) is 5. The minimum absolute atomic E-state index is 0.185. The lowest BCUT2D eigenvalue weighted by Crippen LogP contribution is -2.15. The van der Waals surface area contributed by atoms with E-state index in [0.29, 0.717) is 11.1 Å². The molecule has 1 aliphatic rings. The normalized spacial score (nSPS) is 15.6. The minimum atomic E-state index is -0.987. The van der Waals surface area contributed by atoms with Crippen LogP contribution in [0, 0.1) is 0 Å². The highest BCUT2D eigenvalue weighted by molar-refractivity contribution is 5.82. The van der Waals surface area contributed by atoms with Crippen molar-refractivity contribution in [3.8, 4) is 28.7 Å². The van der Waals surface area contributed by atoms with Crippen LogP contribution in [0.5, 0.6) is 28.7 Å². The summed E-state index contributed by atoms with van der Waals surface area (Å²) in [7, 11) is 0. The zero-order valence-electron chi connectivity index (χ0n) is 15.1. The second-order valence-electron chi connectivity index (χ2n) is 6.63. The fourth-order valence-corrected chi connectivity index (χ4v) is 3.18. The molecule has 1 aliphatic heterocycles. The molecule has 0 bridgehead atoms. The number of fused-ring (bicyclic) bond motifs is 1. The van der Waals surface area contributed by atoms with Crippen LogP contribution >= 0.6 is 0 Å². The molecule has 0 radical (unpaired) electrons. The Morgan fingerprint density at radius 3 is 2.21 bits per heavy atom. The zero-order chi connectivity index (χ0) is 20.5. The van der Waals surface area contributed by atoms with Gasteiger partial charge in [-0.05, 0) is 29.8 Å². The quantitative estimate of drug-likeness (QED) is 0.327. The lowest BCUT2D eigenvalue weighted by molar-refractivity contribution is 0.173. The number of benzene rings is 3. The lowest BCUT2D eigenvalue weighted by Gasteiger charge is -2.27. The third kappa shape index (κ3) is 3.43. The number of aliphatic hydroxyl groups is 1. The average molecular weight is 390 g/mol. The van der Waals surface area contributed by atoms with Crippen LogP contribution < -0.4 is 4.74 Å². The molecule has 3 aromatic carbocycles. The van der Waals surface area contributed by atoms with Gasteiger partial charge in [-0.15, -0.1) is 0 Å². The number of aromatic hydroxyl groups is 4. The van der Waals surface area contributed by atoms with E-state index >= 15 is 0 Å². The predicted octanol–water partition coefficient (Wildman–Crippen LogP) is 4.71. The van der Waals surface area contributed by atoms with Crippen LogP contribution in [0.4, 0.5) is 0 Å². The minimum Gasteiger partial charge on any atom is -0.508 e. The maximum atomic E-state index is 10.4. The summed E-state index contributed by atoms with van der Waals surface area (Å²) in [5, 5.41) is 50.3. The standard InChI is InChI=1S/C23H18O6/c24-17-9-7-14(10-20(17)27)22-21(28)11-16-19(26)12-18(25)15(23(16)29-22)8-6-13-4-2-1-3-5-13/h1-12,22,24-28H/b8-6+. The molecule has 6 nitrogen and oxygen atoms in total. The molecule has 29 heavy (non-hydrogen) atoms. The fourth-order valence-electron chi connectivity index (χ4n) is 3.18. The molecule has 3 aromatic rings. The van der Waals surface area contributed by atoms with Crippen molar-refractivity contribution in [3.63, 3.8) is 0 Å². The molecule has 146 valence electrons. The number of phenolic OH excluding ortho intramolecular Hbond substituents is 4. The first kappa shape index (κ1) is 18.3. The first-order chi connectivity index (χ1) is 13.9. The highest BCUT2D eigenvalue weighted by Gasteiger charge is 2.29. The SMILES string of the molecule is OC1=Cc2c(O)cc(O)c(/C=C/c3ccccc3)c2OC1c1ccc(O)c(O)c1. The second kappa shape index (κ2) is 7.16. The first-order valence-corrected chi connectivity index (χ1v) is 8.85. The fraction of sp³-hybridized carbons (Fsp3) is 0.0435. The van der Waals surface area contributed by atoms with Gasteiger partial charge < -0.3 is 30.3 Å². The van der Waals surface area contributed by atoms with Crippen LogP contribution in [-0.4, -0.2) is 25.5 Å². The number of ether oxygens (including phenoxy) is 1. The maximum Gasteiger partial charge on any atom is 0.180 e. The Hall–Kier alpha value is -4.06. The Balaban J connectivity index is 1.79. The summed E-state index contributed by atoms with van der Waals surface area (Å²) in [5.41, 5.74) is 1.86. The van der Waals surface area contributed by atoms with Crippen molar-refractivity contribution in [2.75, 3.05) is 0 Å². The number of hydrogen-bond acceptors (Lipinski definition) is 6. The molecule has 0 fully saturated rings. The van der Waals surface area contributed by atoms with Crippen molar-refractivity contribution in [3.05, 3.63) is 82.6 Å². The average Bonchev–Trinajstić information content (AvgIpc) is 2.71. The third-order valence-electron chi connectivity index (χ3n) is 4.66. The monoisotopic (exact) mass is 390 g/mol. The van der Waals surface area contributed by atoms with Gasteiger partial charge in [0.25, 0.3) is 0 Å². The van der Waals surface area contributed by atoms with E-state index in [4.69, 9.17) is 4.74 Å². The maximum absolute atomic E-state index is 10.4. The van der Waals surface area contributed by atoms with Gasteiger partial charge >= 0.3 is 0 Å². The van der Waals surface area contributed by atoms with Gasteiger partial charge in [0.1, 0.15) is 23.0 Å². The van der Waals surface area contributed by atoms with Gasteiger partial charge in [0.2, 0.25) is 0 Å². The van der Waals surface area contributed by atoms with Crippen molar-refractivity contribution in [1.29, 1.82) is 0 Å². The highest BCUT2D eigenvalue weighted by atomic mass is 16.5. The molecule has 0 aromatic heterocycles. The van der Waals surface area contributed by atoms with E-state index in [1.807, 2.05) is 30.3 Å². The summed E-state index contributed by atoms with van der Waals surface area (Å²) in [5.74, 6) is -1.09. The van der Waals surface area contributed by atoms with Gasteiger partial charge in [-0.25, -0.2) is 0 Å². The number of phenols is 4. The third-order valence-corrected chi connectivity index (χ3v) is 4.66. The van der Waals surface area contributed by atoms with Gasteiger partial charge in [0, 0.05) is 11.6 Å². The molecule has 0 amide bonds. The van der Waals surface area contributed by atoms with Crippen LogP contribution in [0.15, 0.2) is 60.4 Å². The van der Waals surface area contributed by atoms with E-state index in [-0.39, 0.29) is 40.1 Å². The Kier molecular flexibility index (Phi) is 4.52. The lowest BCUT2D eigenvalue weighted by atomic mass is 9.98. The van der Waals surface area contributed by atoms with Crippen molar-refractivity contribution in [1.82, 2.24) is 0 Å². The van der Waals surface area contributed by atoms with Crippen molar-refractivity contribution < 1.29 is 30.3 Å². The Labute approximate surface area is 166 Å². The summed E-state index contributed by atoms with van der Waals surface area (Å²) in [6, 6.07) is 14.7. The summed E-state index contributed by atoms with van der Waals surface area (Å²) in [6.07, 6.45) is 3.81. The molecule has 5 N–H and O–H groups in total. The van der Waals surface area contributed by atoms with Gasteiger partial charge in [-0.2, -0.15) is 0 Å². The number of aliphatic hydroxyl groups excluding tert-OH is 1. The van der Waals surface area contributed by atoms with Crippen LogP contribution in [0.1, 0.15) is 28.4 Å². The largest absolute Gasteiger partial charge is 0.508 e. The molecule has 0 saturated heterocycles. The van der Waals surface area contributed by atoms with E-state index < -0.39 is 6.10 Å². The second-order valence-corrected chi connectivity index (χ2v) is 6.63. The Bertz CT molecular complexity index is 1130. The summed E-state index contributed by atoms with van der Waals surface area (Å²) in [4.78, 5) is 0. The summed E-state index contributed by atoms with van der Waals surface area (Å²) < 4.78 is 5.92. The van der Waals surface area contributed by atoms with Crippen molar-refractivity contribution >= 4 is 18.2 Å². The van der Waals surface area contributed by atoms with E-state index in [9.17, 15) is 25.5 Å².